The predicted octanol–water partition coefficient (Wildman–Crippen LogP) is 4.50. The summed E-state index contributed by atoms with van der Waals surface area (Å²) in [7, 11) is 0. The van der Waals surface area contributed by atoms with E-state index in [0.29, 0.717) is 13.0 Å². The molecule has 136 valence electrons. The van der Waals surface area contributed by atoms with Gasteiger partial charge in [-0.1, -0.05) is 37.6 Å². The van der Waals surface area contributed by atoms with E-state index in [2.05, 4.69) is 72.9 Å². The highest BCUT2D eigenvalue weighted by atomic mass is 32.1. The summed E-state index contributed by atoms with van der Waals surface area (Å²) < 4.78 is 0. The summed E-state index contributed by atoms with van der Waals surface area (Å²) in [6.07, 6.45) is 1.34. The van der Waals surface area contributed by atoms with Crippen LogP contribution >= 0.6 is 11.3 Å². The standard InChI is InChI=1S/C21H30N2OS/c1-5-23(6-2)20(19-11-12-25-15-19)14-22-21(24)10-9-18-8-7-16(3)13-17(18)4/h7-8,11-13,15,20H,5-6,9-10,14H2,1-4H3,(H,22,24). The van der Waals surface area contributed by atoms with Crippen molar-refractivity contribution in [3.63, 3.8) is 0 Å². The molecule has 3 nitrogen and oxygen atoms in total. The summed E-state index contributed by atoms with van der Waals surface area (Å²) in [5.74, 6) is 0.132. The van der Waals surface area contributed by atoms with Crippen LogP contribution in [0.3, 0.4) is 0 Å². The lowest BCUT2D eigenvalue weighted by molar-refractivity contribution is -0.121. The Morgan fingerprint density at radius 3 is 2.56 bits per heavy atom. The van der Waals surface area contributed by atoms with E-state index in [4.69, 9.17) is 0 Å². The third kappa shape index (κ3) is 5.68. The topological polar surface area (TPSA) is 32.3 Å². The number of carbonyl (C=O) groups is 1. The van der Waals surface area contributed by atoms with E-state index < -0.39 is 0 Å². The second-order valence-corrected chi connectivity index (χ2v) is 7.31. The second kappa shape index (κ2) is 9.73. The van der Waals surface area contributed by atoms with E-state index in [1.54, 1.807) is 11.3 Å². The zero-order chi connectivity index (χ0) is 18.2. The summed E-state index contributed by atoms with van der Waals surface area (Å²) >= 11 is 1.71. The number of nitrogens with zero attached hydrogens (tertiary/aromatic N) is 1. The smallest absolute Gasteiger partial charge is 0.220 e. The van der Waals surface area contributed by atoms with Gasteiger partial charge in [-0.15, -0.1) is 0 Å². The molecule has 1 heterocycles. The zero-order valence-electron chi connectivity index (χ0n) is 15.8. The van der Waals surface area contributed by atoms with Gasteiger partial charge in [0.2, 0.25) is 5.91 Å². The van der Waals surface area contributed by atoms with E-state index >= 15 is 0 Å². The Kier molecular flexibility index (Phi) is 7.66. The van der Waals surface area contributed by atoms with E-state index in [0.717, 1.165) is 19.5 Å². The Labute approximate surface area is 156 Å². The molecule has 25 heavy (non-hydrogen) atoms. The fraction of sp³-hybridized carbons (Fsp3) is 0.476. The maximum atomic E-state index is 12.3. The lowest BCUT2D eigenvalue weighted by Crippen LogP contribution is -2.38. The quantitative estimate of drug-likeness (QED) is 0.716. The zero-order valence-corrected chi connectivity index (χ0v) is 16.7. The molecule has 0 aliphatic carbocycles. The van der Waals surface area contributed by atoms with Gasteiger partial charge >= 0.3 is 0 Å². The highest BCUT2D eigenvalue weighted by molar-refractivity contribution is 7.07. The molecule has 4 heteroatoms. The van der Waals surface area contributed by atoms with Crippen LogP contribution in [-0.2, 0) is 11.2 Å². The number of rotatable bonds is 9. The average Bonchev–Trinajstić information content (AvgIpc) is 3.12. The number of hydrogen-bond donors (Lipinski definition) is 1. The summed E-state index contributed by atoms with van der Waals surface area (Å²) in [6, 6.07) is 8.86. The van der Waals surface area contributed by atoms with Gasteiger partial charge in [-0.25, -0.2) is 0 Å². The third-order valence-corrected chi connectivity index (χ3v) is 5.49. The molecule has 0 fully saturated rings. The summed E-state index contributed by atoms with van der Waals surface area (Å²) in [6.45, 7) is 11.2. The van der Waals surface area contributed by atoms with Gasteiger partial charge in [0, 0.05) is 13.0 Å². The van der Waals surface area contributed by atoms with Gasteiger partial charge in [-0.3, -0.25) is 9.69 Å². The number of nitrogens with one attached hydrogen (secondary N) is 1. The molecule has 0 aliphatic rings. The second-order valence-electron chi connectivity index (χ2n) is 6.53. The van der Waals surface area contributed by atoms with Crippen LogP contribution in [0.4, 0.5) is 0 Å². The Morgan fingerprint density at radius 1 is 1.20 bits per heavy atom. The van der Waals surface area contributed by atoms with Crippen molar-refractivity contribution < 1.29 is 4.79 Å². The van der Waals surface area contributed by atoms with Gasteiger partial charge in [-0.2, -0.15) is 11.3 Å². The first kappa shape index (κ1) is 19.7. The van der Waals surface area contributed by atoms with E-state index in [1.807, 2.05) is 0 Å². The van der Waals surface area contributed by atoms with Crippen molar-refractivity contribution in [2.75, 3.05) is 19.6 Å². The minimum atomic E-state index is 0.132. The number of hydrogen-bond acceptors (Lipinski definition) is 3. The van der Waals surface area contributed by atoms with Gasteiger partial charge in [-0.05, 0) is 66.9 Å². The van der Waals surface area contributed by atoms with Crippen molar-refractivity contribution in [3.05, 3.63) is 57.3 Å². The Hall–Kier alpha value is -1.65. The summed E-state index contributed by atoms with van der Waals surface area (Å²) in [4.78, 5) is 14.7. The first-order chi connectivity index (χ1) is 12.0. The predicted molar refractivity (Wildman–Crippen MR) is 107 cm³/mol. The first-order valence-corrected chi connectivity index (χ1v) is 10.1. The average molecular weight is 359 g/mol. The van der Waals surface area contributed by atoms with Gasteiger partial charge in [0.1, 0.15) is 0 Å². The SMILES string of the molecule is CCN(CC)C(CNC(=O)CCc1ccc(C)cc1C)c1ccsc1. The molecular formula is C21H30N2OS. The molecule has 0 saturated carbocycles. The van der Waals surface area contributed by atoms with Crippen LogP contribution in [0.1, 0.15) is 48.6 Å². The van der Waals surface area contributed by atoms with Gasteiger partial charge in [0.15, 0.2) is 0 Å². The molecule has 1 amide bonds. The normalized spacial score (nSPS) is 12.4. The third-order valence-electron chi connectivity index (χ3n) is 4.79. The van der Waals surface area contributed by atoms with Crippen LogP contribution in [0, 0.1) is 13.8 Å². The summed E-state index contributed by atoms with van der Waals surface area (Å²) in [5, 5.41) is 7.44. The number of benzene rings is 1. The number of likely N-dealkylation sites (N-methyl/N-ethyl adjacent to an activating group) is 1. The minimum absolute atomic E-state index is 0.132. The number of amides is 1. The van der Waals surface area contributed by atoms with Crippen molar-refractivity contribution in [1.29, 1.82) is 0 Å². The number of thiophene rings is 1. The lowest BCUT2D eigenvalue weighted by Gasteiger charge is -2.29. The monoisotopic (exact) mass is 358 g/mol. The van der Waals surface area contributed by atoms with Crippen molar-refractivity contribution in [2.24, 2.45) is 0 Å². The van der Waals surface area contributed by atoms with E-state index in [-0.39, 0.29) is 11.9 Å². The maximum Gasteiger partial charge on any atom is 0.220 e. The largest absolute Gasteiger partial charge is 0.354 e. The van der Waals surface area contributed by atoms with Crippen molar-refractivity contribution >= 4 is 17.2 Å². The summed E-state index contributed by atoms with van der Waals surface area (Å²) in [5.41, 5.74) is 5.10. The lowest BCUT2D eigenvalue weighted by atomic mass is 10.0. The van der Waals surface area contributed by atoms with Crippen molar-refractivity contribution in [1.82, 2.24) is 10.2 Å². The van der Waals surface area contributed by atoms with Crippen molar-refractivity contribution in [3.8, 4) is 0 Å². The molecule has 2 aromatic rings. The van der Waals surface area contributed by atoms with E-state index in [9.17, 15) is 4.79 Å². The van der Waals surface area contributed by atoms with Crippen LogP contribution in [0.2, 0.25) is 0 Å². The van der Waals surface area contributed by atoms with Crippen LogP contribution in [-0.4, -0.2) is 30.4 Å². The van der Waals surface area contributed by atoms with Crippen molar-refractivity contribution in [2.45, 2.75) is 46.6 Å². The molecule has 1 N–H and O–H groups in total. The first-order valence-electron chi connectivity index (χ1n) is 9.14. The molecule has 1 aromatic carbocycles. The number of carbonyl (C=O) groups excluding carboxylic acids is 1. The fourth-order valence-electron chi connectivity index (χ4n) is 3.26. The van der Waals surface area contributed by atoms with Gasteiger partial charge in [0.05, 0.1) is 6.04 Å². The highest BCUT2D eigenvalue weighted by Gasteiger charge is 2.19. The Bertz CT molecular complexity index is 663. The molecule has 0 saturated heterocycles. The highest BCUT2D eigenvalue weighted by Crippen LogP contribution is 2.22. The van der Waals surface area contributed by atoms with Crippen LogP contribution in [0.15, 0.2) is 35.0 Å². The Balaban J connectivity index is 1.90. The Morgan fingerprint density at radius 2 is 1.96 bits per heavy atom. The molecular weight excluding hydrogens is 328 g/mol. The van der Waals surface area contributed by atoms with Gasteiger partial charge < -0.3 is 5.32 Å². The molecule has 0 aliphatic heterocycles. The molecule has 2 rings (SSSR count). The minimum Gasteiger partial charge on any atom is -0.354 e. The van der Waals surface area contributed by atoms with Crippen LogP contribution in [0.25, 0.3) is 0 Å². The molecule has 0 radical (unpaired) electrons. The molecule has 1 aromatic heterocycles. The van der Waals surface area contributed by atoms with Gasteiger partial charge in [0.25, 0.3) is 0 Å². The van der Waals surface area contributed by atoms with Crippen LogP contribution in [0.5, 0.6) is 0 Å². The molecule has 1 unspecified atom stereocenters. The number of aryl methyl sites for hydroxylation is 3. The van der Waals surface area contributed by atoms with E-state index in [1.165, 1.54) is 22.3 Å². The molecule has 0 spiro atoms. The molecule has 0 bridgehead atoms. The van der Waals surface area contributed by atoms with Crippen LogP contribution < -0.4 is 5.32 Å². The molecule has 1 atom stereocenters. The fourth-order valence-corrected chi connectivity index (χ4v) is 3.97. The maximum absolute atomic E-state index is 12.3.